The Balaban J connectivity index is 1.73. The number of hydrogen-bond acceptors (Lipinski definition) is 3. The van der Waals surface area contributed by atoms with Crippen LogP contribution in [0.5, 0.6) is 0 Å². The fraction of sp³-hybridized carbons (Fsp3) is 0.421. The summed E-state index contributed by atoms with van der Waals surface area (Å²) >= 11 is 0. The van der Waals surface area contributed by atoms with E-state index >= 15 is 0 Å². The van der Waals surface area contributed by atoms with Crippen LogP contribution in [0.15, 0.2) is 42.9 Å². The summed E-state index contributed by atoms with van der Waals surface area (Å²) in [4.78, 5) is 22.6. The molecule has 0 bridgehead atoms. The number of aryl methyl sites for hydroxylation is 1. The Bertz CT molecular complexity index is 689. The van der Waals surface area contributed by atoms with Gasteiger partial charge in [0.1, 0.15) is 0 Å². The first-order chi connectivity index (χ1) is 11.6. The van der Waals surface area contributed by atoms with E-state index in [0.717, 1.165) is 18.5 Å². The van der Waals surface area contributed by atoms with Crippen LogP contribution >= 0.6 is 0 Å². The topological polar surface area (TPSA) is 58.1 Å². The molecule has 1 aromatic heterocycles. The second-order valence-corrected chi connectivity index (χ2v) is 6.55. The van der Waals surface area contributed by atoms with Crippen molar-refractivity contribution in [3.05, 3.63) is 59.7 Å². The molecule has 1 aliphatic carbocycles. The molecule has 2 aromatic rings. The predicted molar refractivity (Wildman–Crippen MR) is 93.3 cm³/mol. The van der Waals surface area contributed by atoms with Crippen LogP contribution < -0.4 is 5.32 Å². The minimum Gasteiger partial charge on any atom is -0.331 e. The summed E-state index contributed by atoms with van der Waals surface area (Å²) in [5.74, 6) is 0.419. The molecule has 0 aliphatic heterocycles. The third kappa shape index (κ3) is 3.72. The smallest absolute Gasteiger partial charge is 0.317 e. The zero-order chi connectivity index (χ0) is 16.9. The Morgan fingerprint density at radius 1 is 1.33 bits per heavy atom. The van der Waals surface area contributed by atoms with Gasteiger partial charge in [0.25, 0.3) is 0 Å². The Morgan fingerprint density at radius 3 is 2.96 bits per heavy atom. The van der Waals surface area contributed by atoms with Gasteiger partial charge in [-0.15, -0.1) is 0 Å². The van der Waals surface area contributed by atoms with Crippen molar-refractivity contribution < 1.29 is 4.79 Å². The number of fused-ring (bicyclic) bond motifs is 1. The Labute approximate surface area is 143 Å². The number of rotatable bonds is 3. The Hall–Kier alpha value is -2.43. The Kier molecular flexibility index (Phi) is 5.08. The second kappa shape index (κ2) is 7.43. The highest BCUT2D eigenvalue weighted by Gasteiger charge is 2.27. The first kappa shape index (κ1) is 16.4. The number of carbonyl (C=O) groups excluding carboxylic acids is 1. The molecular weight excluding hydrogens is 300 g/mol. The molecule has 5 heteroatoms. The SMILES string of the molecule is C[C@H]1CCCc2ccccc2[C@@H]1NC(=O)N(C)Cc1cnccn1. The van der Waals surface area contributed by atoms with E-state index in [1.54, 1.807) is 30.5 Å². The van der Waals surface area contributed by atoms with Gasteiger partial charge in [0.2, 0.25) is 0 Å². The van der Waals surface area contributed by atoms with Crippen LogP contribution in [0.3, 0.4) is 0 Å². The standard InChI is InChI=1S/C19H24N4O/c1-14-6-5-8-15-7-3-4-9-17(15)18(14)22-19(24)23(2)13-16-12-20-10-11-21-16/h3-4,7,9-12,14,18H,5-6,8,13H2,1-2H3,(H,22,24)/t14-,18+/m0/s1. The minimum absolute atomic E-state index is 0.0560. The Morgan fingerprint density at radius 2 is 2.17 bits per heavy atom. The number of nitrogens with zero attached hydrogens (tertiary/aromatic N) is 3. The highest BCUT2D eigenvalue weighted by Crippen LogP contribution is 2.33. The second-order valence-electron chi connectivity index (χ2n) is 6.55. The lowest BCUT2D eigenvalue weighted by Gasteiger charge is -2.27. The molecule has 2 amide bonds. The number of nitrogens with one attached hydrogen (secondary N) is 1. The molecule has 0 radical (unpaired) electrons. The lowest BCUT2D eigenvalue weighted by atomic mass is 9.92. The molecule has 24 heavy (non-hydrogen) atoms. The lowest BCUT2D eigenvalue weighted by Crippen LogP contribution is -2.41. The maximum Gasteiger partial charge on any atom is 0.317 e. The van der Waals surface area contributed by atoms with E-state index in [1.165, 1.54) is 17.5 Å². The van der Waals surface area contributed by atoms with Gasteiger partial charge in [-0.3, -0.25) is 9.97 Å². The fourth-order valence-corrected chi connectivity index (χ4v) is 3.34. The van der Waals surface area contributed by atoms with Gasteiger partial charge < -0.3 is 10.2 Å². The third-order valence-electron chi connectivity index (χ3n) is 4.71. The number of aromatic nitrogens is 2. The number of carbonyl (C=O) groups is 1. The lowest BCUT2D eigenvalue weighted by molar-refractivity contribution is 0.197. The van der Waals surface area contributed by atoms with Gasteiger partial charge >= 0.3 is 6.03 Å². The van der Waals surface area contributed by atoms with Gasteiger partial charge in [0.15, 0.2) is 0 Å². The van der Waals surface area contributed by atoms with Crippen LogP contribution in [0.2, 0.25) is 0 Å². The monoisotopic (exact) mass is 324 g/mol. The van der Waals surface area contributed by atoms with E-state index in [1.807, 2.05) is 0 Å². The van der Waals surface area contributed by atoms with Crippen LogP contribution in [0.25, 0.3) is 0 Å². The number of benzene rings is 1. The predicted octanol–water partition coefficient (Wildman–Crippen LogP) is 3.33. The van der Waals surface area contributed by atoms with Gasteiger partial charge in [-0.05, 0) is 36.3 Å². The van der Waals surface area contributed by atoms with E-state index < -0.39 is 0 Å². The molecule has 0 saturated carbocycles. The summed E-state index contributed by atoms with van der Waals surface area (Å²) in [6.45, 7) is 2.66. The molecule has 126 valence electrons. The summed E-state index contributed by atoms with van der Waals surface area (Å²) in [6, 6.07) is 8.43. The fourth-order valence-electron chi connectivity index (χ4n) is 3.34. The van der Waals surface area contributed by atoms with E-state index in [4.69, 9.17) is 0 Å². The maximum absolute atomic E-state index is 12.6. The summed E-state index contributed by atoms with van der Waals surface area (Å²) < 4.78 is 0. The molecule has 2 atom stereocenters. The molecule has 0 fully saturated rings. The van der Waals surface area contributed by atoms with E-state index in [9.17, 15) is 4.79 Å². The van der Waals surface area contributed by atoms with Crippen LogP contribution in [0, 0.1) is 5.92 Å². The molecule has 0 saturated heterocycles. The number of amides is 2. The van der Waals surface area contributed by atoms with Crippen LogP contribution in [0.4, 0.5) is 4.79 Å². The van der Waals surface area contributed by atoms with Crippen LogP contribution in [-0.4, -0.2) is 27.9 Å². The first-order valence-corrected chi connectivity index (χ1v) is 8.49. The van der Waals surface area contributed by atoms with E-state index in [2.05, 4.69) is 46.5 Å². The van der Waals surface area contributed by atoms with Crippen LogP contribution in [0.1, 0.15) is 42.6 Å². The highest BCUT2D eigenvalue weighted by molar-refractivity contribution is 5.74. The maximum atomic E-state index is 12.6. The zero-order valence-corrected chi connectivity index (χ0v) is 14.3. The van der Waals surface area contributed by atoms with Gasteiger partial charge in [-0.25, -0.2) is 4.79 Å². The van der Waals surface area contributed by atoms with Crippen molar-refractivity contribution in [2.75, 3.05) is 7.05 Å². The van der Waals surface area contributed by atoms with Crippen molar-refractivity contribution >= 4 is 6.03 Å². The average Bonchev–Trinajstić information content (AvgIpc) is 2.75. The van der Waals surface area contributed by atoms with Gasteiger partial charge in [-0.1, -0.05) is 31.2 Å². The molecule has 1 N–H and O–H groups in total. The van der Waals surface area contributed by atoms with E-state index in [-0.39, 0.29) is 12.1 Å². The van der Waals surface area contributed by atoms with Gasteiger partial charge in [-0.2, -0.15) is 0 Å². The highest BCUT2D eigenvalue weighted by atomic mass is 16.2. The van der Waals surface area contributed by atoms with Crippen LogP contribution in [-0.2, 0) is 13.0 Å². The molecule has 3 rings (SSSR count). The van der Waals surface area contributed by atoms with Gasteiger partial charge in [0, 0.05) is 19.4 Å². The molecule has 1 aromatic carbocycles. The van der Waals surface area contributed by atoms with Crippen molar-refractivity contribution in [3.63, 3.8) is 0 Å². The zero-order valence-electron chi connectivity index (χ0n) is 14.3. The molecule has 0 spiro atoms. The first-order valence-electron chi connectivity index (χ1n) is 8.49. The van der Waals surface area contributed by atoms with Crippen molar-refractivity contribution in [1.29, 1.82) is 0 Å². The molecule has 1 heterocycles. The van der Waals surface area contributed by atoms with Gasteiger partial charge in [0.05, 0.1) is 24.5 Å². The quantitative estimate of drug-likeness (QED) is 0.881. The molecule has 1 aliphatic rings. The minimum atomic E-state index is -0.0748. The number of hydrogen-bond donors (Lipinski definition) is 1. The van der Waals surface area contributed by atoms with Crippen molar-refractivity contribution in [3.8, 4) is 0 Å². The normalized spacial score (nSPS) is 19.9. The van der Waals surface area contributed by atoms with Crippen molar-refractivity contribution in [1.82, 2.24) is 20.2 Å². The number of urea groups is 1. The third-order valence-corrected chi connectivity index (χ3v) is 4.71. The molecule has 5 nitrogen and oxygen atoms in total. The molecular formula is C19H24N4O. The summed E-state index contributed by atoms with van der Waals surface area (Å²) in [7, 11) is 1.79. The summed E-state index contributed by atoms with van der Waals surface area (Å²) in [6.07, 6.45) is 8.33. The summed E-state index contributed by atoms with van der Waals surface area (Å²) in [5, 5.41) is 3.22. The van der Waals surface area contributed by atoms with Crippen molar-refractivity contribution in [2.45, 2.75) is 38.8 Å². The molecule has 0 unspecified atom stereocenters. The van der Waals surface area contributed by atoms with E-state index in [0.29, 0.717) is 12.5 Å². The van der Waals surface area contributed by atoms with Crippen molar-refractivity contribution in [2.24, 2.45) is 5.92 Å². The average molecular weight is 324 g/mol. The largest absolute Gasteiger partial charge is 0.331 e. The summed E-state index contributed by atoms with van der Waals surface area (Å²) in [5.41, 5.74) is 3.39.